The fraction of sp³-hybridized carbons (Fsp3) is 0.227. The molecule has 3 heterocycles. The summed E-state index contributed by atoms with van der Waals surface area (Å²) >= 11 is 6.24. The number of benzene rings is 2. The lowest BCUT2D eigenvalue weighted by Crippen LogP contribution is -2.33. The number of para-hydroxylation sites is 1. The molecule has 0 atom stereocenters. The minimum Gasteiger partial charge on any atom is -0.486 e. The summed E-state index contributed by atoms with van der Waals surface area (Å²) in [5.41, 5.74) is 1.74. The van der Waals surface area contributed by atoms with Crippen LogP contribution in [0.25, 0.3) is 22.1 Å². The molecule has 5 rings (SSSR count). The topological polar surface area (TPSA) is 95.6 Å². The van der Waals surface area contributed by atoms with Gasteiger partial charge in [-0.3, -0.25) is 14.2 Å². The third-order valence-electron chi connectivity index (χ3n) is 5.06. The zero-order valence-electron chi connectivity index (χ0n) is 16.4. The number of furan rings is 1. The van der Waals surface area contributed by atoms with E-state index in [1.807, 2.05) is 24.3 Å². The minimum atomic E-state index is -0.394. The molecule has 1 amide bonds. The summed E-state index contributed by atoms with van der Waals surface area (Å²) in [5, 5.41) is 4.06. The third-order valence-corrected chi connectivity index (χ3v) is 5.34. The van der Waals surface area contributed by atoms with Gasteiger partial charge in [0.05, 0.1) is 11.3 Å². The van der Waals surface area contributed by atoms with E-state index in [4.69, 9.17) is 25.5 Å². The molecule has 1 aliphatic rings. The summed E-state index contributed by atoms with van der Waals surface area (Å²) in [6.07, 6.45) is 1.92. The lowest BCUT2D eigenvalue weighted by molar-refractivity contribution is -0.121. The van der Waals surface area contributed by atoms with E-state index in [1.54, 1.807) is 12.1 Å². The highest BCUT2D eigenvalue weighted by molar-refractivity contribution is 6.32. The highest BCUT2D eigenvalue weighted by atomic mass is 35.5. The van der Waals surface area contributed by atoms with Gasteiger partial charge in [0.2, 0.25) is 11.5 Å². The molecule has 0 bridgehead atoms. The van der Waals surface area contributed by atoms with Crippen LogP contribution < -0.4 is 20.3 Å². The maximum absolute atomic E-state index is 12.7. The van der Waals surface area contributed by atoms with Gasteiger partial charge >= 0.3 is 0 Å². The second kappa shape index (κ2) is 7.96. The van der Waals surface area contributed by atoms with Crippen LogP contribution in [0.15, 0.2) is 51.9 Å². The molecule has 1 aliphatic heterocycles. The van der Waals surface area contributed by atoms with E-state index in [0.717, 1.165) is 10.9 Å². The highest BCUT2D eigenvalue weighted by Crippen LogP contribution is 2.38. The van der Waals surface area contributed by atoms with Crippen molar-refractivity contribution >= 4 is 39.6 Å². The lowest BCUT2D eigenvalue weighted by Gasteiger charge is -2.20. The van der Waals surface area contributed by atoms with Crippen molar-refractivity contribution in [2.75, 3.05) is 19.8 Å². The number of hydrogen-bond donors (Lipinski definition) is 1. The van der Waals surface area contributed by atoms with E-state index < -0.39 is 5.56 Å². The van der Waals surface area contributed by atoms with Crippen molar-refractivity contribution < 1.29 is 18.7 Å². The Hall–Kier alpha value is -3.52. The van der Waals surface area contributed by atoms with Crippen molar-refractivity contribution in [1.82, 2.24) is 14.9 Å². The number of rotatable bonds is 5. The number of halogens is 1. The second-order valence-electron chi connectivity index (χ2n) is 7.16. The quantitative estimate of drug-likeness (QED) is 0.513. The average molecular weight is 440 g/mol. The van der Waals surface area contributed by atoms with Crippen LogP contribution in [0, 0.1) is 0 Å². The number of carbonyl (C=O) groups is 1. The molecule has 8 nitrogen and oxygen atoms in total. The summed E-state index contributed by atoms with van der Waals surface area (Å²) < 4.78 is 18.0. The van der Waals surface area contributed by atoms with E-state index in [-0.39, 0.29) is 18.0 Å². The molecule has 0 saturated heterocycles. The van der Waals surface area contributed by atoms with Crippen molar-refractivity contribution in [1.29, 1.82) is 0 Å². The first-order valence-corrected chi connectivity index (χ1v) is 10.2. The van der Waals surface area contributed by atoms with Crippen molar-refractivity contribution in [3.8, 4) is 11.5 Å². The number of ether oxygens (including phenoxy) is 2. The first-order valence-electron chi connectivity index (χ1n) is 9.81. The predicted octanol–water partition coefficient (Wildman–Crippen LogP) is 2.93. The van der Waals surface area contributed by atoms with Gasteiger partial charge in [-0.1, -0.05) is 23.7 Å². The molecule has 0 unspecified atom stereocenters. The summed E-state index contributed by atoms with van der Waals surface area (Å²) in [6, 6.07) is 11.0. The average Bonchev–Trinajstić information content (AvgIpc) is 3.15. The van der Waals surface area contributed by atoms with Crippen LogP contribution in [-0.2, 0) is 17.8 Å². The zero-order chi connectivity index (χ0) is 21.4. The smallest absolute Gasteiger partial charge is 0.297 e. The zero-order valence-corrected chi connectivity index (χ0v) is 17.1. The van der Waals surface area contributed by atoms with Crippen LogP contribution in [-0.4, -0.2) is 35.2 Å². The largest absolute Gasteiger partial charge is 0.486 e. The molecule has 0 fully saturated rings. The Morgan fingerprint density at radius 1 is 1.19 bits per heavy atom. The predicted molar refractivity (Wildman–Crippen MR) is 115 cm³/mol. The first-order chi connectivity index (χ1) is 15.1. The molecular weight excluding hydrogens is 422 g/mol. The molecule has 0 radical (unpaired) electrons. The van der Waals surface area contributed by atoms with Gasteiger partial charge in [-0.05, 0) is 36.2 Å². The van der Waals surface area contributed by atoms with Crippen LogP contribution in [0.4, 0.5) is 0 Å². The number of fused-ring (bicyclic) bond motifs is 4. The third kappa shape index (κ3) is 3.70. The maximum Gasteiger partial charge on any atom is 0.297 e. The molecule has 0 saturated carbocycles. The summed E-state index contributed by atoms with van der Waals surface area (Å²) in [4.78, 5) is 29.4. The minimum absolute atomic E-state index is 0.141. The van der Waals surface area contributed by atoms with Gasteiger partial charge in [-0.2, -0.15) is 0 Å². The fourth-order valence-electron chi connectivity index (χ4n) is 3.59. The molecule has 2 aromatic carbocycles. The molecule has 0 aliphatic carbocycles. The van der Waals surface area contributed by atoms with Crippen molar-refractivity contribution in [2.24, 2.45) is 0 Å². The normalized spacial score (nSPS) is 12.9. The van der Waals surface area contributed by atoms with Gasteiger partial charge in [0, 0.05) is 11.9 Å². The van der Waals surface area contributed by atoms with Crippen LogP contribution in [0.2, 0.25) is 5.02 Å². The summed E-state index contributed by atoms with van der Waals surface area (Å²) in [6.45, 7) is 1.17. The van der Waals surface area contributed by atoms with Gasteiger partial charge in [-0.25, -0.2) is 4.98 Å². The lowest BCUT2D eigenvalue weighted by atomic mass is 10.1. The Morgan fingerprint density at radius 2 is 2.03 bits per heavy atom. The molecule has 31 heavy (non-hydrogen) atoms. The fourth-order valence-corrected chi connectivity index (χ4v) is 3.88. The first kappa shape index (κ1) is 19.4. The molecular formula is C22H18ClN3O5. The Bertz CT molecular complexity index is 1360. The Kier molecular flexibility index (Phi) is 4.99. The molecule has 1 N–H and O–H groups in total. The van der Waals surface area contributed by atoms with Crippen LogP contribution in [0.5, 0.6) is 11.5 Å². The Labute approximate surface area is 181 Å². The van der Waals surface area contributed by atoms with Gasteiger partial charge in [0.25, 0.3) is 5.56 Å². The maximum atomic E-state index is 12.7. The molecule has 9 heteroatoms. The number of nitrogens with one attached hydrogen (secondary N) is 1. The highest BCUT2D eigenvalue weighted by Gasteiger charge is 2.17. The van der Waals surface area contributed by atoms with E-state index in [9.17, 15) is 9.59 Å². The number of amides is 1. The molecule has 0 spiro atoms. The SMILES string of the molecule is O=C(Cn1cnc2c(oc3ccccc32)c1=O)NCCc1cc(Cl)c2c(c1)OCCO2. The van der Waals surface area contributed by atoms with Crippen LogP contribution in [0.3, 0.4) is 0 Å². The van der Waals surface area contributed by atoms with Crippen molar-refractivity contribution in [3.05, 3.63) is 63.7 Å². The monoisotopic (exact) mass is 439 g/mol. The van der Waals surface area contributed by atoms with Crippen LogP contribution >= 0.6 is 11.6 Å². The number of nitrogens with zero attached hydrogens (tertiary/aromatic N) is 2. The van der Waals surface area contributed by atoms with E-state index in [0.29, 0.717) is 53.8 Å². The van der Waals surface area contributed by atoms with Gasteiger partial charge in [0.15, 0.2) is 11.5 Å². The molecule has 158 valence electrons. The van der Waals surface area contributed by atoms with Crippen LogP contribution in [0.1, 0.15) is 5.56 Å². The van der Waals surface area contributed by atoms with Crippen molar-refractivity contribution in [2.45, 2.75) is 13.0 Å². The second-order valence-corrected chi connectivity index (χ2v) is 7.56. The van der Waals surface area contributed by atoms with E-state index in [1.165, 1.54) is 10.9 Å². The number of aromatic nitrogens is 2. The van der Waals surface area contributed by atoms with Gasteiger partial charge in [-0.15, -0.1) is 0 Å². The number of carbonyl (C=O) groups excluding carboxylic acids is 1. The van der Waals surface area contributed by atoms with Crippen molar-refractivity contribution in [3.63, 3.8) is 0 Å². The number of hydrogen-bond acceptors (Lipinski definition) is 6. The van der Waals surface area contributed by atoms with E-state index >= 15 is 0 Å². The van der Waals surface area contributed by atoms with Gasteiger partial charge < -0.3 is 19.2 Å². The van der Waals surface area contributed by atoms with E-state index in [2.05, 4.69) is 10.3 Å². The standard InChI is InChI=1S/C22H18ClN3O5/c23-15-9-13(10-17-20(15)30-8-7-29-17)5-6-24-18(27)11-26-12-25-19-14-3-1-2-4-16(14)31-21(19)22(26)28/h1-4,9-10,12H,5-8,11H2,(H,24,27). The Balaban J connectivity index is 1.25. The molecule has 2 aromatic heterocycles. The van der Waals surface area contributed by atoms with Gasteiger partial charge in [0.1, 0.15) is 30.9 Å². The Morgan fingerprint density at radius 3 is 2.94 bits per heavy atom. The molecule has 4 aromatic rings. The summed E-state index contributed by atoms with van der Waals surface area (Å²) in [7, 11) is 0. The summed E-state index contributed by atoms with van der Waals surface area (Å²) in [5.74, 6) is 0.855.